The Bertz CT molecular complexity index is 774. The van der Waals surface area contributed by atoms with Gasteiger partial charge in [0, 0.05) is 50.7 Å². The molecule has 0 saturated heterocycles. The molecular weight excluding hydrogens is 487 g/mol. The predicted molar refractivity (Wildman–Crippen MR) is 110 cm³/mol. The number of aryl methyl sites for hydroxylation is 1. The molecule has 1 aliphatic heterocycles. The first kappa shape index (κ1) is 22.0. The molecule has 2 N–H and O–H groups in total. The Balaban J connectivity index is 0.00000280. The van der Waals surface area contributed by atoms with Crippen LogP contribution in [0.2, 0.25) is 0 Å². The Morgan fingerprint density at radius 2 is 2.11 bits per heavy atom. The van der Waals surface area contributed by atoms with Gasteiger partial charge in [0.15, 0.2) is 17.5 Å². The van der Waals surface area contributed by atoms with Crippen LogP contribution in [-0.2, 0) is 13.1 Å². The molecule has 0 aliphatic carbocycles. The van der Waals surface area contributed by atoms with Crippen LogP contribution in [0.1, 0.15) is 12.0 Å². The highest BCUT2D eigenvalue weighted by atomic mass is 127. The molecule has 8 nitrogen and oxygen atoms in total. The van der Waals surface area contributed by atoms with Gasteiger partial charge in [-0.1, -0.05) is 0 Å². The van der Waals surface area contributed by atoms with Crippen molar-refractivity contribution in [2.24, 2.45) is 4.99 Å². The van der Waals surface area contributed by atoms with E-state index in [9.17, 15) is 8.78 Å². The highest BCUT2D eigenvalue weighted by Gasteiger charge is 2.20. The summed E-state index contributed by atoms with van der Waals surface area (Å²) >= 11 is 0. The van der Waals surface area contributed by atoms with Crippen LogP contribution < -0.4 is 24.8 Å². The third-order valence-electron chi connectivity index (χ3n) is 3.86. The number of aromatic nitrogens is 2. The lowest BCUT2D eigenvalue weighted by Gasteiger charge is -2.15. The van der Waals surface area contributed by atoms with E-state index in [-0.39, 0.29) is 43.1 Å². The second-order valence-corrected chi connectivity index (χ2v) is 5.67. The second kappa shape index (κ2) is 10.9. The number of rotatable bonds is 8. The molecule has 28 heavy (non-hydrogen) atoms. The van der Waals surface area contributed by atoms with E-state index in [1.807, 2.05) is 16.9 Å². The van der Waals surface area contributed by atoms with E-state index in [1.165, 1.54) is 6.07 Å². The summed E-state index contributed by atoms with van der Waals surface area (Å²) in [6.45, 7) is -1.17. The summed E-state index contributed by atoms with van der Waals surface area (Å²) in [5.74, 6) is 1.47. The Morgan fingerprint density at radius 1 is 1.32 bits per heavy atom. The van der Waals surface area contributed by atoms with E-state index in [4.69, 9.17) is 9.47 Å². The Hall–Kier alpha value is -2.31. The zero-order valence-corrected chi connectivity index (χ0v) is 17.6. The van der Waals surface area contributed by atoms with Crippen molar-refractivity contribution in [3.05, 3.63) is 36.2 Å². The first-order chi connectivity index (χ1) is 13.2. The summed E-state index contributed by atoms with van der Waals surface area (Å²) < 4.78 is 42.3. The highest BCUT2D eigenvalue weighted by Crippen LogP contribution is 2.38. The zero-order valence-electron chi connectivity index (χ0n) is 15.2. The summed E-state index contributed by atoms with van der Waals surface area (Å²) in [7, 11) is 1.64. The van der Waals surface area contributed by atoms with E-state index in [2.05, 4.69) is 25.5 Å². The largest absolute Gasteiger partial charge is 0.454 e. The number of aliphatic imine (C=N–C) groups is 1. The lowest BCUT2D eigenvalue weighted by molar-refractivity contribution is -0.0505. The van der Waals surface area contributed by atoms with Crippen molar-refractivity contribution in [3.8, 4) is 17.2 Å². The number of fused-ring (bicyclic) bond motifs is 1. The molecule has 2 aromatic rings. The summed E-state index contributed by atoms with van der Waals surface area (Å²) in [5, 5.41) is 10.4. The molecule has 0 amide bonds. The van der Waals surface area contributed by atoms with Gasteiger partial charge in [-0.2, -0.15) is 13.9 Å². The quantitative estimate of drug-likeness (QED) is 0.247. The molecule has 154 valence electrons. The summed E-state index contributed by atoms with van der Waals surface area (Å²) in [6.07, 6.45) is 4.49. The molecule has 0 fully saturated rings. The predicted octanol–water partition coefficient (Wildman–Crippen LogP) is 2.59. The fourth-order valence-electron chi connectivity index (χ4n) is 2.59. The van der Waals surface area contributed by atoms with Crippen LogP contribution in [0, 0.1) is 0 Å². The minimum absolute atomic E-state index is 0. The normalized spacial score (nSPS) is 12.6. The Kier molecular flexibility index (Phi) is 8.54. The SMILES string of the molecule is CN=C(NCCCn1cccn1)NCc1cc2c(cc1OC(F)F)OCO2.I. The third kappa shape index (κ3) is 6.11. The van der Waals surface area contributed by atoms with Crippen molar-refractivity contribution in [3.63, 3.8) is 0 Å². The lowest BCUT2D eigenvalue weighted by atomic mass is 10.1. The number of hydrogen-bond donors (Lipinski definition) is 2. The highest BCUT2D eigenvalue weighted by molar-refractivity contribution is 14.0. The van der Waals surface area contributed by atoms with Crippen LogP contribution in [0.15, 0.2) is 35.6 Å². The minimum Gasteiger partial charge on any atom is -0.454 e. The average molecular weight is 509 g/mol. The Labute approximate surface area is 178 Å². The molecule has 1 aromatic heterocycles. The number of guanidine groups is 1. The molecule has 11 heteroatoms. The number of alkyl halides is 2. The molecule has 0 atom stereocenters. The van der Waals surface area contributed by atoms with Crippen molar-refractivity contribution in [2.45, 2.75) is 26.1 Å². The topological polar surface area (TPSA) is 81.9 Å². The van der Waals surface area contributed by atoms with Crippen molar-refractivity contribution in [1.82, 2.24) is 20.4 Å². The van der Waals surface area contributed by atoms with Gasteiger partial charge in [-0.3, -0.25) is 9.67 Å². The molecular formula is C17H22F2IN5O3. The van der Waals surface area contributed by atoms with Crippen molar-refractivity contribution >= 4 is 29.9 Å². The molecule has 3 rings (SSSR count). The maximum atomic E-state index is 12.7. The van der Waals surface area contributed by atoms with Crippen LogP contribution in [0.25, 0.3) is 0 Å². The molecule has 0 bridgehead atoms. The van der Waals surface area contributed by atoms with E-state index in [0.29, 0.717) is 29.6 Å². The lowest BCUT2D eigenvalue weighted by Crippen LogP contribution is -2.37. The number of halogens is 3. The number of nitrogens with one attached hydrogen (secondary N) is 2. The maximum Gasteiger partial charge on any atom is 0.387 e. The van der Waals surface area contributed by atoms with Gasteiger partial charge < -0.3 is 24.8 Å². The third-order valence-corrected chi connectivity index (χ3v) is 3.86. The number of benzene rings is 1. The van der Waals surface area contributed by atoms with E-state index < -0.39 is 6.61 Å². The summed E-state index contributed by atoms with van der Waals surface area (Å²) in [5.41, 5.74) is 0.513. The van der Waals surface area contributed by atoms with Gasteiger partial charge in [0.1, 0.15) is 5.75 Å². The van der Waals surface area contributed by atoms with Gasteiger partial charge in [0.05, 0.1) is 0 Å². The first-order valence-corrected chi connectivity index (χ1v) is 8.45. The van der Waals surface area contributed by atoms with Crippen LogP contribution in [-0.4, -0.2) is 42.7 Å². The van der Waals surface area contributed by atoms with E-state index in [1.54, 1.807) is 19.3 Å². The van der Waals surface area contributed by atoms with Gasteiger partial charge in [-0.05, 0) is 18.6 Å². The fourth-order valence-corrected chi connectivity index (χ4v) is 2.59. The number of hydrogen-bond acceptors (Lipinski definition) is 5. The molecule has 0 spiro atoms. The monoisotopic (exact) mass is 509 g/mol. The van der Waals surface area contributed by atoms with E-state index >= 15 is 0 Å². The average Bonchev–Trinajstić information content (AvgIpc) is 3.31. The van der Waals surface area contributed by atoms with Gasteiger partial charge in [0.2, 0.25) is 6.79 Å². The standard InChI is InChI=1S/C17H21F2N5O3.HI/c1-20-17(21-4-2-6-24-7-3-5-23-24)22-10-12-8-14-15(26-11-25-14)9-13(12)27-16(18)19;/h3,5,7-9,16H,2,4,6,10-11H2,1H3,(H2,20,21,22);1H. The molecule has 0 radical (unpaired) electrons. The Morgan fingerprint density at radius 3 is 2.79 bits per heavy atom. The minimum atomic E-state index is -2.93. The fraction of sp³-hybridized carbons (Fsp3) is 0.412. The maximum absolute atomic E-state index is 12.7. The molecule has 0 unspecified atom stereocenters. The van der Waals surface area contributed by atoms with Gasteiger partial charge in [-0.25, -0.2) is 0 Å². The van der Waals surface area contributed by atoms with Gasteiger partial charge in [0.25, 0.3) is 0 Å². The van der Waals surface area contributed by atoms with Gasteiger partial charge in [-0.15, -0.1) is 24.0 Å². The number of nitrogens with zero attached hydrogens (tertiary/aromatic N) is 3. The summed E-state index contributed by atoms with van der Waals surface area (Å²) in [6, 6.07) is 4.90. The summed E-state index contributed by atoms with van der Waals surface area (Å²) in [4.78, 5) is 4.13. The number of ether oxygens (including phenoxy) is 3. The van der Waals surface area contributed by atoms with Crippen LogP contribution in [0.4, 0.5) is 8.78 Å². The van der Waals surface area contributed by atoms with Crippen molar-refractivity contribution in [1.29, 1.82) is 0 Å². The molecule has 0 saturated carbocycles. The van der Waals surface area contributed by atoms with Crippen molar-refractivity contribution < 1.29 is 23.0 Å². The zero-order chi connectivity index (χ0) is 19.1. The molecule has 1 aromatic carbocycles. The first-order valence-electron chi connectivity index (χ1n) is 8.45. The molecule has 1 aliphatic rings. The van der Waals surface area contributed by atoms with Crippen LogP contribution in [0.3, 0.4) is 0 Å². The van der Waals surface area contributed by atoms with Crippen LogP contribution in [0.5, 0.6) is 17.2 Å². The van der Waals surface area contributed by atoms with Crippen LogP contribution >= 0.6 is 24.0 Å². The van der Waals surface area contributed by atoms with Crippen molar-refractivity contribution in [2.75, 3.05) is 20.4 Å². The smallest absolute Gasteiger partial charge is 0.387 e. The second-order valence-electron chi connectivity index (χ2n) is 5.67. The molecule has 2 heterocycles. The van der Waals surface area contributed by atoms with Gasteiger partial charge >= 0.3 is 6.61 Å². The van der Waals surface area contributed by atoms with E-state index in [0.717, 1.165) is 13.0 Å².